The largest absolute Gasteiger partial charge is 0.372 e. The normalized spacial score (nSPS) is 23.5. The molecule has 2 fully saturated rings. The van der Waals surface area contributed by atoms with Gasteiger partial charge in [0.2, 0.25) is 5.91 Å². The molecule has 1 aromatic carbocycles. The average Bonchev–Trinajstić information content (AvgIpc) is 3.40. The standard InChI is InChI=1S/C23H29N3O3/c1-4-29-15-21(27)26-13-17-12-25(23(28)20-10-7-11-24(20)3)14-19(17)22(26)18-9-6-5-8-16(18)2/h5-11,17,19,22H,4,12-15H2,1-3H3/t17-,19-,22+/m0/s1. The summed E-state index contributed by atoms with van der Waals surface area (Å²) in [6, 6.07) is 12.0. The fourth-order valence-corrected chi connectivity index (χ4v) is 4.90. The maximum absolute atomic E-state index is 13.0. The topological polar surface area (TPSA) is 54.8 Å². The van der Waals surface area contributed by atoms with Crippen molar-refractivity contribution in [3.8, 4) is 0 Å². The van der Waals surface area contributed by atoms with Gasteiger partial charge >= 0.3 is 0 Å². The lowest BCUT2D eigenvalue weighted by molar-refractivity contribution is -0.137. The summed E-state index contributed by atoms with van der Waals surface area (Å²) in [5.74, 6) is 0.637. The number of ether oxygens (including phenoxy) is 1. The van der Waals surface area contributed by atoms with Crippen LogP contribution in [0.4, 0.5) is 0 Å². The monoisotopic (exact) mass is 395 g/mol. The molecule has 2 aliphatic heterocycles. The number of carbonyl (C=O) groups is 2. The van der Waals surface area contributed by atoms with Gasteiger partial charge < -0.3 is 19.1 Å². The Bertz CT molecular complexity index is 906. The number of aromatic nitrogens is 1. The van der Waals surface area contributed by atoms with E-state index in [4.69, 9.17) is 4.74 Å². The van der Waals surface area contributed by atoms with Crippen molar-refractivity contribution in [3.63, 3.8) is 0 Å². The second-order valence-corrected chi connectivity index (χ2v) is 8.12. The molecule has 0 saturated carbocycles. The number of hydrogen-bond donors (Lipinski definition) is 0. The lowest BCUT2D eigenvalue weighted by Crippen LogP contribution is -2.39. The molecule has 2 amide bonds. The van der Waals surface area contributed by atoms with E-state index in [1.807, 2.05) is 58.8 Å². The van der Waals surface area contributed by atoms with Gasteiger partial charge in [0, 0.05) is 51.3 Å². The zero-order valence-corrected chi connectivity index (χ0v) is 17.4. The van der Waals surface area contributed by atoms with Crippen LogP contribution in [0, 0.1) is 18.8 Å². The van der Waals surface area contributed by atoms with Crippen LogP contribution in [0.25, 0.3) is 0 Å². The van der Waals surface area contributed by atoms with Crippen molar-refractivity contribution in [2.45, 2.75) is 19.9 Å². The number of fused-ring (bicyclic) bond motifs is 1. The van der Waals surface area contributed by atoms with Crippen LogP contribution < -0.4 is 0 Å². The number of hydrogen-bond acceptors (Lipinski definition) is 3. The van der Waals surface area contributed by atoms with Crippen LogP contribution in [0.15, 0.2) is 42.6 Å². The van der Waals surface area contributed by atoms with Crippen molar-refractivity contribution in [2.75, 3.05) is 32.8 Å². The van der Waals surface area contributed by atoms with Crippen molar-refractivity contribution < 1.29 is 14.3 Å². The fourth-order valence-electron chi connectivity index (χ4n) is 4.90. The van der Waals surface area contributed by atoms with Gasteiger partial charge in [0.1, 0.15) is 12.3 Å². The van der Waals surface area contributed by atoms with Gasteiger partial charge in [-0.25, -0.2) is 0 Å². The Labute approximate surface area is 172 Å². The molecule has 0 unspecified atom stereocenters. The molecule has 154 valence electrons. The number of amides is 2. The van der Waals surface area contributed by atoms with E-state index < -0.39 is 0 Å². The van der Waals surface area contributed by atoms with Crippen molar-refractivity contribution in [3.05, 3.63) is 59.4 Å². The summed E-state index contributed by atoms with van der Waals surface area (Å²) in [5.41, 5.74) is 3.07. The van der Waals surface area contributed by atoms with Gasteiger partial charge in [0.15, 0.2) is 0 Å². The van der Waals surface area contributed by atoms with Crippen LogP contribution in [0.2, 0.25) is 0 Å². The minimum atomic E-state index is -0.0135. The second kappa shape index (κ2) is 8.03. The van der Waals surface area contributed by atoms with Crippen LogP contribution in [-0.2, 0) is 16.6 Å². The molecule has 2 aliphatic rings. The summed E-state index contributed by atoms with van der Waals surface area (Å²) in [6.45, 7) is 6.67. The third-order valence-corrected chi connectivity index (χ3v) is 6.37. The van der Waals surface area contributed by atoms with Crippen LogP contribution in [0.1, 0.15) is 34.6 Å². The number of aryl methyl sites for hydroxylation is 2. The molecule has 0 radical (unpaired) electrons. The zero-order valence-electron chi connectivity index (χ0n) is 17.4. The summed E-state index contributed by atoms with van der Waals surface area (Å²) in [4.78, 5) is 29.9. The van der Waals surface area contributed by atoms with Gasteiger partial charge in [-0.15, -0.1) is 0 Å². The molecule has 3 atom stereocenters. The molecule has 4 rings (SSSR count). The molecule has 0 bridgehead atoms. The van der Waals surface area contributed by atoms with Gasteiger partial charge in [-0.2, -0.15) is 0 Å². The quantitative estimate of drug-likeness (QED) is 0.782. The van der Waals surface area contributed by atoms with Gasteiger partial charge in [-0.3, -0.25) is 9.59 Å². The highest BCUT2D eigenvalue weighted by Gasteiger charge is 2.50. The highest BCUT2D eigenvalue weighted by molar-refractivity contribution is 5.93. The number of rotatable bonds is 5. The Morgan fingerprint density at radius 3 is 2.59 bits per heavy atom. The SMILES string of the molecule is CCOCC(=O)N1C[C@@H]2CN(C(=O)c3cccn3C)C[C@@H]2[C@H]1c1ccccc1C. The molecule has 0 aliphatic carbocycles. The van der Waals surface area contributed by atoms with E-state index in [1.54, 1.807) is 0 Å². The lowest BCUT2D eigenvalue weighted by atomic mass is 9.87. The molecule has 0 N–H and O–H groups in total. The minimum Gasteiger partial charge on any atom is -0.372 e. The lowest BCUT2D eigenvalue weighted by Gasteiger charge is -2.31. The van der Waals surface area contributed by atoms with E-state index in [9.17, 15) is 9.59 Å². The summed E-state index contributed by atoms with van der Waals surface area (Å²) in [6.07, 6.45) is 1.90. The maximum Gasteiger partial charge on any atom is 0.270 e. The summed E-state index contributed by atoms with van der Waals surface area (Å²) in [7, 11) is 1.90. The third-order valence-electron chi connectivity index (χ3n) is 6.37. The molecular formula is C23H29N3O3. The highest BCUT2D eigenvalue weighted by atomic mass is 16.5. The van der Waals surface area contributed by atoms with E-state index in [2.05, 4.69) is 19.1 Å². The Morgan fingerprint density at radius 2 is 1.90 bits per heavy atom. The average molecular weight is 396 g/mol. The first-order chi connectivity index (χ1) is 14.0. The van der Waals surface area contributed by atoms with Crippen molar-refractivity contribution >= 4 is 11.8 Å². The van der Waals surface area contributed by atoms with Gasteiger partial charge in [-0.05, 0) is 37.1 Å². The summed E-state index contributed by atoms with van der Waals surface area (Å²) in [5, 5.41) is 0. The highest BCUT2D eigenvalue weighted by Crippen LogP contribution is 2.46. The molecule has 6 nitrogen and oxygen atoms in total. The van der Waals surface area contributed by atoms with E-state index in [0.29, 0.717) is 31.9 Å². The molecule has 0 spiro atoms. The molecule has 29 heavy (non-hydrogen) atoms. The van der Waals surface area contributed by atoms with Crippen LogP contribution in [0.3, 0.4) is 0 Å². The van der Waals surface area contributed by atoms with Crippen LogP contribution in [0.5, 0.6) is 0 Å². The number of benzene rings is 1. The summed E-state index contributed by atoms with van der Waals surface area (Å²) < 4.78 is 7.28. The smallest absolute Gasteiger partial charge is 0.270 e. The first kappa shape index (κ1) is 19.7. The van der Waals surface area contributed by atoms with Crippen LogP contribution >= 0.6 is 0 Å². The minimum absolute atomic E-state index is 0.0135. The molecule has 6 heteroatoms. The van der Waals surface area contributed by atoms with Crippen molar-refractivity contribution in [1.29, 1.82) is 0 Å². The Balaban J connectivity index is 1.60. The predicted molar refractivity (Wildman–Crippen MR) is 110 cm³/mol. The van der Waals surface area contributed by atoms with Crippen molar-refractivity contribution in [2.24, 2.45) is 18.9 Å². The van der Waals surface area contributed by atoms with E-state index in [1.165, 1.54) is 11.1 Å². The molecule has 2 saturated heterocycles. The van der Waals surface area contributed by atoms with Gasteiger partial charge in [0.25, 0.3) is 5.91 Å². The Kier molecular flexibility index (Phi) is 5.46. The number of likely N-dealkylation sites (tertiary alicyclic amines) is 2. The Hall–Kier alpha value is -2.60. The Morgan fingerprint density at radius 1 is 1.10 bits per heavy atom. The number of nitrogens with zero attached hydrogens (tertiary/aromatic N) is 3. The molecule has 1 aromatic heterocycles. The van der Waals surface area contributed by atoms with Gasteiger partial charge in [0.05, 0.1) is 6.04 Å². The third kappa shape index (κ3) is 3.57. The molecule has 3 heterocycles. The first-order valence-corrected chi connectivity index (χ1v) is 10.3. The first-order valence-electron chi connectivity index (χ1n) is 10.3. The second-order valence-electron chi connectivity index (χ2n) is 8.12. The predicted octanol–water partition coefficient (Wildman–Crippen LogP) is 2.64. The van der Waals surface area contributed by atoms with E-state index in [0.717, 1.165) is 0 Å². The maximum atomic E-state index is 13.0. The fraction of sp³-hybridized carbons (Fsp3) is 0.478. The van der Waals surface area contributed by atoms with Crippen molar-refractivity contribution in [1.82, 2.24) is 14.4 Å². The summed E-state index contributed by atoms with van der Waals surface area (Å²) >= 11 is 0. The molecule has 2 aromatic rings. The van der Waals surface area contributed by atoms with E-state index >= 15 is 0 Å². The zero-order chi connectivity index (χ0) is 20.5. The molecular weight excluding hydrogens is 366 g/mol. The van der Waals surface area contributed by atoms with Crippen LogP contribution in [-0.4, -0.2) is 59.0 Å². The van der Waals surface area contributed by atoms with E-state index in [-0.39, 0.29) is 36.3 Å². The van der Waals surface area contributed by atoms with Gasteiger partial charge in [-0.1, -0.05) is 24.3 Å². The number of carbonyl (C=O) groups excluding carboxylic acids is 2.